The predicted octanol–water partition coefficient (Wildman–Crippen LogP) is 6.11. The molecule has 0 aliphatic heterocycles. The summed E-state index contributed by atoms with van der Waals surface area (Å²) in [5, 5.41) is 26.9. The van der Waals surface area contributed by atoms with E-state index < -0.39 is 17.9 Å². The Morgan fingerprint density at radius 1 is 0.452 bits per heavy atom. The van der Waals surface area contributed by atoms with E-state index in [-0.39, 0.29) is 49.4 Å². The van der Waals surface area contributed by atoms with Crippen molar-refractivity contribution < 1.29 is 62.4 Å². The van der Waals surface area contributed by atoms with Crippen molar-refractivity contribution in [2.75, 3.05) is 0 Å². The molecule has 3 aromatic rings. The Hall–Kier alpha value is -1.96. The van der Waals surface area contributed by atoms with Gasteiger partial charge in [0, 0.05) is 47.8 Å². The molecule has 0 saturated heterocycles. The van der Waals surface area contributed by atoms with Crippen molar-refractivity contribution in [3.05, 3.63) is 105 Å². The van der Waals surface area contributed by atoms with Crippen LogP contribution in [0.4, 0.5) is 0 Å². The first-order valence-electron chi connectivity index (χ1n) is 8.06. The number of carboxylic acid groups (broad SMARTS) is 3. The standard InChI is InChI=1S/3C7H5ClO2.Y/c3*8-6-3-1-5(2-4-6)7(9)10;/h3*1-4H,(H,9,10);. The smallest absolute Gasteiger partial charge is 0.335 e. The third-order valence-corrected chi connectivity index (χ3v) is 4.03. The summed E-state index contributed by atoms with van der Waals surface area (Å²) in [7, 11) is 0. The van der Waals surface area contributed by atoms with Gasteiger partial charge in [0.25, 0.3) is 0 Å². The van der Waals surface area contributed by atoms with Gasteiger partial charge in [0.1, 0.15) is 0 Å². The molecule has 10 heteroatoms. The Labute approximate surface area is 218 Å². The van der Waals surface area contributed by atoms with Crippen LogP contribution in [0.1, 0.15) is 31.1 Å². The quantitative estimate of drug-likeness (QED) is 0.358. The summed E-state index contributed by atoms with van der Waals surface area (Å²) in [6, 6.07) is 18.1. The van der Waals surface area contributed by atoms with Crippen LogP contribution in [-0.2, 0) is 32.7 Å². The molecule has 0 fully saturated rings. The summed E-state index contributed by atoms with van der Waals surface area (Å²) in [5.74, 6) is -2.80. The minimum absolute atomic E-state index is 0. The fourth-order valence-electron chi connectivity index (χ4n) is 1.78. The van der Waals surface area contributed by atoms with E-state index in [2.05, 4.69) is 0 Å². The third kappa shape index (κ3) is 11.9. The molecule has 31 heavy (non-hydrogen) atoms. The average Bonchev–Trinajstić information content (AvgIpc) is 2.70. The maximum Gasteiger partial charge on any atom is 0.335 e. The van der Waals surface area contributed by atoms with Gasteiger partial charge in [-0.1, -0.05) is 34.8 Å². The van der Waals surface area contributed by atoms with Gasteiger partial charge in [0.05, 0.1) is 16.7 Å². The van der Waals surface area contributed by atoms with Crippen molar-refractivity contribution >= 4 is 52.7 Å². The Morgan fingerprint density at radius 3 is 0.742 bits per heavy atom. The van der Waals surface area contributed by atoms with Gasteiger partial charge < -0.3 is 15.3 Å². The fraction of sp³-hybridized carbons (Fsp3) is 0. The molecule has 3 rings (SSSR count). The van der Waals surface area contributed by atoms with Gasteiger partial charge in [-0.05, 0) is 72.8 Å². The van der Waals surface area contributed by atoms with Gasteiger partial charge in [0.15, 0.2) is 0 Å². The monoisotopic (exact) mass is 557 g/mol. The summed E-state index contributed by atoms with van der Waals surface area (Å²) in [5.41, 5.74) is 0.762. The van der Waals surface area contributed by atoms with Crippen LogP contribution in [0.2, 0.25) is 15.1 Å². The molecular formula is C21H15Cl3O6Y. The van der Waals surface area contributed by atoms with Gasteiger partial charge in [0.2, 0.25) is 0 Å². The van der Waals surface area contributed by atoms with Gasteiger partial charge in [-0.15, -0.1) is 0 Å². The second-order valence-electron chi connectivity index (χ2n) is 5.44. The molecule has 0 amide bonds. The van der Waals surface area contributed by atoms with Gasteiger partial charge in [-0.2, -0.15) is 0 Å². The summed E-state index contributed by atoms with van der Waals surface area (Å²) < 4.78 is 0. The molecular weight excluding hydrogens is 543 g/mol. The molecule has 0 atom stereocenters. The molecule has 0 bridgehead atoms. The SMILES string of the molecule is O=C(O)c1ccc(Cl)cc1.O=C(O)c1ccc(Cl)cc1.O=C(O)c1ccc(Cl)cc1.[Y]. The van der Waals surface area contributed by atoms with E-state index in [1.165, 1.54) is 36.4 Å². The van der Waals surface area contributed by atoms with Gasteiger partial charge in [-0.25, -0.2) is 14.4 Å². The predicted molar refractivity (Wildman–Crippen MR) is 115 cm³/mol. The molecule has 6 nitrogen and oxygen atoms in total. The van der Waals surface area contributed by atoms with E-state index in [1.54, 1.807) is 36.4 Å². The first-order valence-corrected chi connectivity index (χ1v) is 9.20. The summed E-state index contributed by atoms with van der Waals surface area (Å²) >= 11 is 16.6. The number of hydrogen-bond acceptors (Lipinski definition) is 3. The molecule has 0 aromatic heterocycles. The van der Waals surface area contributed by atoms with E-state index >= 15 is 0 Å². The second kappa shape index (κ2) is 14.9. The number of carbonyl (C=O) groups is 3. The number of aromatic carboxylic acids is 3. The number of hydrogen-bond donors (Lipinski definition) is 3. The van der Waals surface area contributed by atoms with E-state index in [1.807, 2.05) is 0 Å². The minimum Gasteiger partial charge on any atom is -0.478 e. The van der Waals surface area contributed by atoms with Crippen LogP contribution in [0.3, 0.4) is 0 Å². The van der Waals surface area contributed by atoms with Crippen LogP contribution in [0, 0.1) is 0 Å². The molecule has 0 aliphatic carbocycles. The van der Waals surface area contributed by atoms with Crippen LogP contribution >= 0.6 is 34.8 Å². The van der Waals surface area contributed by atoms with Crippen LogP contribution in [-0.4, -0.2) is 33.2 Å². The Morgan fingerprint density at radius 2 is 0.613 bits per heavy atom. The van der Waals surface area contributed by atoms with E-state index in [9.17, 15) is 14.4 Å². The zero-order chi connectivity index (χ0) is 22.7. The summed E-state index contributed by atoms with van der Waals surface area (Å²) in [4.78, 5) is 30.8. The molecule has 1 radical (unpaired) electrons. The molecule has 3 aromatic carbocycles. The van der Waals surface area contributed by atoms with Gasteiger partial charge in [-0.3, -0.25) is 0 Å². The summed E-state index contributed by atoms with van der Waals surface area (Å²) in [6.45, 7) is 0. The number of rotatable bonds is 3. The molecule has 0 aliphatic rings. The van der Waals surface area contributed by atoms with E-state index in [0.717, 1.165) is 0 Å². The number of benzene rings is 3. The molecule has 0 heterocycles. The van der Waals surface area contributed by atoms with Crippen LogP contribution < -0.4 is 0 Å². The zero-order valence-corrected chi connectivity index (χ0v) is 20.8. The first-order chi connectivity index (χ1) is 14.1. The minimum atomic E-state index is -0.934. The van der Waals surface area contributed by atoms with Crippen molar-refractivity contribution in [3.63, 3.8) is 0 Å². The number of halogens is 3. The maximum atomic E-state index is 10.3. The molecule has 159 valence electrons. The maximum absolute atomic E-state index is 10.3. The largest absolute Gasteiger partial charge is 0.478 e. The molecule has 3 N–H and O–H groups in total. The number of carboxylic acids is 3. The second-order valence-corrected chi connectivity index (χ2v) is 6.75. The Bertz CT molecular complexity index is 859. The first kappa shape index (κ1) is 29.0. The fourth-order valence-corrected chi connectivity index (χ4v) is 2.16. The van der Waals surface area contributed by atoms with Crippen molar-refractivity contribution in [1.29, 1.82) is 0 Å². The van der Waals surface area contributed by atoms with Crippen molar-refractivity contribution in [1.82, 2.24) is 0 Å². The van der Waals surface area contributed by atoms with Crippen LogP contribution in [0.5, 0.6) is 0 Å². The topological polar surface area (TPSA) is 112 Å². The molecule has 0 spiro atoms. The third-order valence-electron chi connectivity index (χ3n) is 3.27. The Balaban J connectivity index is 0.000000429. The molecule has 0 unspecified atom stereocenters. The van der Waals surface area contributed by atoms with Crippen LogP contribution in [0.25, 0.3) is 0 Å². The zero-order valence-electron chi connectivity index (χ0n) is 15.7. The average molecular weight is 559 g/mol. The van der Waals surface area contributed by atoms with Crippen LogP contribution in [0.15, 0.2) is 72.8 Å². The summed E-state index contributed by atoms with van der Waals surface area (Å²) in [6.07, 6.45) is 0. The van der Waals surface area contributed by atoms with Crippen molar-refractivity contribution in [2.24, 2.45) is 0 Å². The normalized spacial score (nSPS) is 9.00. The Kier molecular flexibility index (Phi) is 14.0. The molecule has 0 saturated carbocycles. The van der Waals surface area contributed by atoms with Crippen molar-refractivity contribution in [2.45, 2.75) is 0 Å². The van der Waals surface area contributed by atoms with E-state index in [0.29, 0.717) is 15.1 Å². The van der Waals surface area contributed by atoms with Gasteiger partial charge >= 0.3 is 17.9 Å². The van der Waals surface area contributed by atoms with Crippen molar-refractivity contribution in [3.8, 4) is 0 Å². The van der Waals surface area contributed by atoms with E-state index in [4.69, 9.17) is 50.1 Å².